The molecule has 112 valence electrons. The van der Waals surface area contributed by atoms with Gasteiger partial charge in [0.15, 0.2) is 0 Å². The second kappa shape index (κ2) is 7.07. The highest BCUT2D eigenvalue weighted by Crippen LogP contribution is 2.27. The van der Waals surface area contributed by atoms with Gasteiger partial charge in [-0.15, -0.1) is 12.4 Å². The van der Waals surface area contributed by atoms with E-state index in [-0.39, 0.29) is 24.9 Å². The molecule has 1 unspecified atom stereocenters. The molecule has 20 heavy (non-hydrogen) atoms. The Morgan fingerprint density at radius 3 is 2.45 bits per heavy atom. The number of hydrogen-bond donors (Lipinski definition) is 3. The van der Waals surface area contributed by atoms with Crippen LogP contribution in [0.15, 0.2) is 24.3 Å². The van der Waals surface area contributed by atoms with E-state index in [0.29, 0.717) is 0 Å². The van der Waals surface area contributed by atoms with E-state index in [1.807, 2.05) is 31.2 Å². The molecule has 4 N–H and O–H groups in total. The van der Waals surface area contributed by atoms with E-state index in [1.54, 1.807) is 0 Å². The van der Waals surface area contributed by atoms with E-state index in [1.165, 1.54) is 0 Å². The van der Waals surface area contributed by atoms with Gasteiger partial charge in [-0.2, -0.15) is 0 Å². The van der Waals surface area contributed by atoms with Gasteiger partial charge in [-0.05, 0) is 25.3 Å². The van der Waals surface area contributed by atoms with Crippen LogP contribution in [-0.2, 0) is 4.79 Å². The molecule has 4 nitrogen and oxygen atoms in total. The van der Waals surface area contributed by atoms with Crippen molar-refractivity contribution in [2.45, 2.75) is 44.2 Å². The number of halogens is 1. The number of amides is 1. The summed E-state index contributed by atoms with van der Waals surface area (Å²) in [6.45, 7) is 2.21. The van der Waals surface area contributed by atoms with Crippen LogP contribution in [0.4, 0.5) is 0 Å². The number of benzene rings is 1. The zero-order valence-electron chi connectivity index (χ0n) is 11.8. The zero-order chi connectivity index (χ0) is 13.9. The van der Waals surface area contributed by atoms with Gasteiger partial charge in [0.25, 0.3) is 0 Å². The standard InChI is InChI=1S/C15H22N2O2.ClH/c1-11-4-6-12(7-5-11)13(18)10-17-14(19)15(16)8-2-3-9-15;/h4-7,13,18H,2-3,8-10,16H2,1H3,(H,17,19);1H. The molecule has 0 aliphatic heterocycles. The van der Waals surface area contributed by atoms with Crippen molar-refractivity contribution in [3.63, 3.8) is 0 Å². The van der Waals surface area contributed by atoms with Crippen molar-refractivity contribution in [2.75, 3.05) is 6.54 Å². The highest BCUT2D eigenvalue weighted by atomic mass is 35.5. The predicted octanol–water partition coefficient (Wildman–Crippen LogP) is 1.84. The summed E-state index contributed by atoms with van der Waals surface area (Å²) in [6.07, 6.45) is 2.79. The summed E-state index contributed by atoms with van der Waals surface area (Å²) in [4.78, 5) is 12.0. The van der Waals surface area contributed by atoms with Crippen LogP contribution in [0.2, 0.25) is 0 Å². The van der Waals surface area contributed by atoms with Gasteiger partial charge in [0.1, 0.15) is 0 Å². The van der Waals surface area contributed by atoms with Crippen LogP contribution < -0.4 is 11.1 Å². The van der Waals surface area contributed by atoms with Gasteiger partial charge >= 0.3 is 0 Å². The number of aliphatic hydroxyl groups excluding tert-OH is 1. The van der Waals surface area contributed by atoms with Gasteiger partial charge in [0.05, 0.1) is 11.6 Å². The quantitative estimate of drug-likeness (QED) is 0.794. The van der Waals surface area contributed by atoms with Crippen molar-refractivity contribution in [3.8, 4) is 0 Å². The monoisotopic (exact) mass is 298 g/mol. The number of nitrogens with one attached hydrogen (secondary N) is 1. The summed E-state index contributed by atoms with van der Waals surface area (Å²) in [6, 6.07) is 7.64. The molecule has 2 rings (SSSR count). The minimum atomic E-state index is -0.729. The number of aliphatic hydroxyl groups is 1. The Morgan fingerprint density at radius 2 is 1.90 bits per heavy atom. The Hall–Kier alpha value is -1.10. The lowest BCUT2D eigenvalue weighted by Gasteiger charge is -2.23. The van der Waals surface area contributed by atoms with Gasteiger partial charge in [0, 0.05) is 6.54 Å². The highest BCUT2D eigenvalue weighted by molar-refractivity contribution is 5.86. The average molecular weight is 299 g/mol. The first-order valence-corrected chi connectivity index (χ1v) is 6.83. The van der Waals surface area contributed by atoms with Crippen LogP contribution in [0.1, 0.15) is 42.9 Å². The Balaban J connectivity index is 0.00000200. The van der Waals surface area contributed by atoms with Crippen LogP contribution in [0.5, 0.6) is 0 Å². The number of carbonyl (C=O) groups is 1. The molecule has 0 bridgehead atoms. The molecular weight excluding hydrogens is 276 g/mol. The van der Waals surface area contributed by atoms with Gasteiger partial charge in [-0.3, -0.25) is 4.79 Å². The molecule has 0 aromatic heterocycles. The van der Waals surface area contributed by atoms with Gasteiger partial charge in [0.2, 0.25) is 5.91 Å². The fraction of sp³-hybridized carbons (Fsp3) is 0.533. The van der Waals surface area contributed by atoms with E-state index in [4.69, 9.17) is 5.73 Å². The smallest absolute Gasteiger partial charge is 0.240 e. The van der Waals surface area contributed by atoms with E-state index < -0.39 is 11.6 Å². The summed E-state index contributed by atoms with van der Waals surface area (Å²) in [7, 11) is 0. The van der Waals surface area contributed by atoms with Crippen molar-refractivity contribution in [1.82, 2.24) is 5.32 Å². The third-order valence-corrected chi connectivity index (χ3v) is 3.87. The lowest BCUT2D eigenvalue weighted by Crippen LogP contribution is -2.52. The first-order chi connectivity index (χ1) is 9.01. The molecule has 0 heterocycles. The third kappa shape index (κ3) is 3.95. The van der Waals surface area contributed by atoms with E-state index in [0.717, 1.165) is 36.8 Å². The molecule has 0 saturated heterocycles. The van der Waals surface area contributed by atoms with Gasteiger partial charge in [-0.25, -0.2) is 0 Å². The van der Waals surface area contributed by atoms with Crippen LogP contribution in [0, 0.1) is 6.92 Å². The molecule has 1 saturated carbocycles. The summed E-state index contributed by atoms with van der Waals surface area (Å²) >= 11 is 0. The normalized spacial score (nSPS) is 18.1. The molecule has 1 aromatic carbocycles. The van der Waals surface area contributed by atoms with Crippen molar-refractivity contribution in [3.05, 3.63) is 35.4 Å². The average Bonchev–Trinajstić information content (AvgIpc) is 2.84. The van der Waals surface area contributed by atoms with Crippen LogP contribution in [-0.4, -0.2) is 23.1 Å². The molecule has 1 atom stereocenters. The SMILES string of the molecule is Cc1ccc(C(O)CNC(=O)C2(N)CCCC2)cc1.Cl. The van der Waals surface area contributed by atoms with Crippen LogP contribution in [0.3, 0.4) is 0 Å². The molecule has 0 spiro atoms. The highest BCUT2D eigenvalue weighted by Gasteiger charge is 2.36. The topological polar surface area (TPSA) is 75.3 Å². The Kier molecular flexibility index (Phi) is 5.99. The fourth-order valence-electron chi connectivity index (χ4n) is 2.50. The maximum Gasteiger partial charge on any atom is 0.240 e. The van der Waals surface area contributed by atoms with Crippen molar-refractivity contribution in [2.24, 2.45) is 5.73 Å². The maximum atomic E-state index is 12.0. The lowest BCUT2D eigenvalue weighted by atomic mass is 9.98. The second-order valence-electron chi connectivity index (χ2n) is 5.50. The number of rotatable bonds is 4. The summed E-state index contributed by atoms with van der Waals surface area (Å²) in [5.74, 6) is -0.142. The fourth-order valence-corrected chi connectivity index (χ4v) is 2.50. The number of nitrogens with two attached hydrogens (primary N) is 1. The molecule has 1 aliphatic carbocycles. The lowest BCUT2D eigenvalue weighted by molar-refractivity contribution is -0.126. The second-order valence-corrected chi connectivity index (χ2v) is 5.50. The predicted molar refractivity (Wildman–Crippen MR) is 81.8 cm³/mol. The minimum absolute atomic E-state index is 0. The molecule has 1 amide bonds. The van der Waals surface area contributed by atoms with Crippen LogP contribution >= 0.6 is 12.4 Å². The van der Waals surface area contributed by atoms with Crippen molar-refractivity contribution < 1.29 is 9.90 Å². The largest absolute Gasteiger partial charge is 0.387 e. The number of carbonyl (C=O) groups excluding carboxylic acids is 1. The maximum absolute atomic E-state index is 12.0. The van der Waals surface area contributed by atoms with Crippen molar-refractivity contribution >= 4 is 18.3 Å². The zero-order valence-corrected chi connectivity index (χ0v) is 12.6. The van der Waals surface area contributed by atoms with Gasteiger partial charge in [-0.1, -0.05) is 42.7 Å². The molecule has 1 aromatic rings. The summed E-state index contributed by atoms with van der Waals surface area (Å²) < 4.78 is 0. The van der Waals surface area contributed by atoms with Crippen LogP contribution in [0.25, 0.3) is 0 Å². The van der Waals surface area contributed by atoms with E-state index >= 15 is 0 Å². The Bertz CT molecular complexity index is 442. The number of aryl methyl sites for hydroxylation is 1. The van der Waals surface area contributed by atoms with E-state index in [9.17, 15) is 9.90 Å². The van der Waals surface area contributed by atoms with Crippen molar-refractivity contribution in [1.29, 1.82) is 0 Å². The Labute approximate surface area is 126 Å². The molecule has 1 aliphatic rings. The third-order valence-electron chi connectivity index (χ3n) is 3.87. The first-order valence-electron chi connectivity index (χ1n) is 6.83. The molecular formula is C15H23ClN2O2. The van der Waals surface area contributed by atoms with Gasteiger partial charge < -0.3 is 16.2 Å². The molecule has 1 fully saturated rings. The number of hydrogen-bond acceptors (Lipinski definition) is 3. The van der Waals surface area contributed by atoms with E-state index in [2.05, 4.69) is 5.32 Å². The summed E-state index contributed by atoms with van der Waals surface area (Å²) in [5.41, 5.74) is 7.28. The first kappa shape index (κ1) is 17.0. The summed E-state index contributed by atoms with van der Waals surface area (Å²) in [5, 5.41) is 12.8. The Morgan fingerprint density at radius 1 is 1.35 bits per heavy atom. The minimum Gasteiger partial charge on any atom is -0.387 e. The molecule has 0 radical (unpaired) electrons. The molecule has 5 heteroatoms.